The number of methoxy groups -OCH3 is 1. The molecule has 3 nitrogen and oxygen atoms in total. The Morgan fingerprint density at radius 3 is 2.38 bits per heavy atom. The zero-order valence-electron chi connectivity index (χ0n) is 12.5. The van der Waals surface area contributed by atoms with E-state index < -0.39 is 0 Å². The fraction of sp³-hybridized carbons (Fsp3) is 0.167. The topological polar surface area (TPSA) is 35.3 Å². The van der Waals surface area contributed by atoms with Gasteiger partial charge in [0.15, 0.2) is 5.71 Å². The van der Waals surface area contributed by atoms with Crippen LogP contribution in [0.1, 0.15) is 18.1 Å². The lowest BCUT2D eigenvalue weighted by Crippen LogP contribution is -2.05. The SMILES string of the molecule is COc1ccc(/C=C/C(C)=[N+](\[O-])c2ccccc2C)cc1. The molecule has 0 heterocycles. The van der Waals surface area contributed by atoms with E-state index in [-0.39, 0.29) is 0 Å². The van der Waals surface area contributed by atoms with E-state index in [1.54, 1.807) is 14.0 Å². The first-order valence-electron chi connectivity index (χ1n) is 6.80. The Labute approximate surface area is 125 Å². The van der Waals surface area contributed by atoms with E-state index in [4.69, 9.17) is 4.74 Å². The molecule has 0 fully saturated rings. The van der Waals surface area contributed by atoms with Gasteiger partial charge in [0.25, 0.3) is 0 Å². The predicted octanol–water partition coefficient (Wildman–Crippen LogP) is 4.32. The van der Waals surface area contributed by atoms with E-state index >= 15 is 0 Å². The highest BCUT2D eigenvalue weighted by atomic mass is 16.5. The van der Waals surface area contributed by atoms with E-state index in [2.05, 4.69) is 0 Å². The zero-order valence-corrected chi connectivity index (χ0v) is 12.5. The molecule has 0 aliphatic carbocycles. The first kappa shape index (κ1) is 14.9. The molecule has 0 amide bonds. The van der Waals surface area contributed by atoms with Gasteiger partial charge in [0.05, 0.1) is 7.11 Å². The van der Waals surface area contributed by atoms with Crippen LogP contribution in [0.25, 0.3) is 6.08 Å². The number of nitrogens with zero attached hydrogens (tertiary/aromatic N) is 1. The number of aryl methyl sites for hydroxylation is 1. The van der Waals surface area contributed by atoms with Crippen molar-refractivity contribution in [2.45, 2.75) is 13.8 Å². The lowest BCUT2D eigenvalue weighted by Gasteiger charge is -2.07. The third-order valence-corrected chi connectivity index (χ3v) is 3.29. The van der Waals surface area contributed by atoms with Gasteiger partial charge in [-0.25, -0.2) is 0 Å². The van der Waals surface area contributed by atoms with Crippen LogP contribution in [0.2, 0.25) is 0 Å². The van der Waals surface area contributed by atoms with Gasteiger partial charge in [-0.1, -0.05) is 30.3 Å². The summed E-state index contributed by atoms with van der Waals surface area (Å²) in [6, 6.07) is 15.2. The number of ether oxygens (including phenoxy) is 1. The maximum absolute atomic E-state index is 12.3. The molecule has 0 spiro atoms. The highest BCUT2D eigenvalue weighted by Crippen LogP contribution is 2.17. The molecule has 0 radical (unpaired) electrons. The minimum absolute atomic E-state index is 0.639. The normalized spacial score (nSPS) is 12.3. The molecular weight excluding hydrogens is 262 g/mol. The van der Waals surface area contributed by atoms with Crippen LogP contribution in [0.5, 0.6) is 5.75 Å². The summed E-state index contributed by atoms with van der Waals surface area (Å²) in [4.78, 5) is 0. The van der Waals surface area contributed by atoms with Crippen molar-refractivity contribution in [2.24, 2.45) is 0 Å². The predicted molar refractivity (Wildman–Crippen MR) is 87.2 cm³/mol. The maximum Gasteiger partial charge on any atom is 0.219 e. The lowest BCUT2D eigenvalue weighted by atomic mass is 10.2. The number of allylic oxidation sites excluding steroid dienone is 1. The highest BCUT2D eigenvalue weighted by molar-refractivity contribution is 5.93. The third-order valence-electron chi connectivity index (χ3n) is 3.29. The van der Waals surface area contributed by atoms with Gasteiger partial charge in [0.2, 0.25) is 5.69 Å². The van der Waals surface area contributed by atoms with Gasteiger partial charge in [-0.05, 0) is 30.7 Å². The minimum Gasteiger partial charge on any atom is -0.618 e. The van der Waals surface area contributed by atoms with Crippen molar-refractivity contribution in [1.82, 2.24) is 0 Å². The molecule has 0 saturated heterocycles. The monoisotopic (exact) mass is 281 g/mol. The van der Waals surface area contributed by atoms with Crippen molar-refractivity contribution in [1.29, 1.82) is 0 Å². The molecule has 0 saturated carbocycles. The summed E-state index contributed by atoms with van der Waals surface area (Å²) in [5, 5.41) is 12.3. The third kappa shape index (κ3) is 3.72. The molecule has 2 aromatic rings. The number of para-hydroxylation sites is 1. The first-order chi connectivity index (χ1) is 10.1. The second-order valence-corrected chi connectivity index (χ2v) is 4.83. The summed E-state index contributed by atoms with van der Waals surface area (Å²) < 4.78 is 6.07. The second-order valence-electron chi connectivity index (χ2n) is 4.83. The molecule has 0 atom stereocenters. The summed E-state index contributed by atoms with van der Waals surface area (Å²) >= 11 is 0. The number of hydrogen-bond acceptors (Lipinski definition) is 2. The van der Waals surface area contributed by atoms with Crippen LogP contribution in [-0.4, -0.2) is 17.6 Å². The van der Waals surface area contributed by atoms with Gasteiger partial charge in [0, 0.05) is 24.6 Å². The lowest BCUT2D eigenvalue weighted by molar-refractivity contribution is -0.360. The van der Waals surface area contributed by atoms with Crippen molar-refractivity contribution in [2.75, 3.05) is 7.11 Å². The second kappa shape index (κ2) is 6.75. The Bertz CT molecular complexity index is 670. The van der Waals surface area contributed by atoms with Crippen molar-refractivity contribution in [3.63, 3.8) is 0 Å². The molecule has 0 aromatic heterocycles. The van der Waals surface area contributed by atoms with Crippen molar-refractivity contribution in [3.05, 3.63) is 70.9 Å². The molecule has 0 N–H and O–H groups in total. The molecule has 0 aliphatic heterocycles. The number of benzene rings is 2. The van der Waals surface area contributed by atoms with Crippen molar-refractivity contribution >= 4 is 17.5 Å². The van der Waals surface area contributed by atoms with Crippen LogP contribution in [0.15, 0.2) is 54.6 Å². The van der Waals surface area contributed by atoms with Gasteiger partial charge < -0.3 is 9.94 Å². The Balaban J connectivity index is 2.22. The molecule has 2 aromatic carbocycles. The van der Waals surface area contributed by atoms with Crippen molar-refractivity contribution < 1.29 is 9.48 Å². The standard InChI is InChI=1S/C18H19NO2/c1-14-6-4-5-7-18(14)19(20)15(2)8-9-16-10-12-17(21-3)13-11-16/h4-13H,1-3H3/b9-8+,19-15-. The average molecular weight is 281 g/mol. The molecule has 21 heavy (non-hydrogen) atoms. The van der Waals surface area contributed by atoms with Crippen LogP contribution in [0, 0.1) is 12.1 Å². The van der Waals surface area contributed by atoms with Gasteiger partial charge in [-0.2, -0.15) is 4.74 Å². The summed E-state index contributed by atoms with van der Waals surface area (Å²) in [6.07, 6.45) is 3.74. The van der Waals surface area contributed by atoms with E-state index in [1.165, 1.54) is 0 Å². The van der Waals surface area contributed by atoms with E-state index in [0.717, 1.165) is 21.6 Å². The largest absolute Gasteiger partial charge is 0.618 e. The molecule has 0 bridgehead atoms. The molecule has 3 heteroatoms. The van der Waals surface area contributed by atoms with E-state index in [0.29, 0.717) is 11.4 Å². The van der Waals surface area contributed by atoms with E-state index in [1.807, 2.05) is 67.6 Å². The van der Waals surface area contributed by atoms with Gasteiger partial charge in [-0.15, -0.1) is 0 Å². The fourth-order valence-electron chi connectivity index (χ4n) is 1.98. The Hall–Kier alpha value is -2.55. The van der Waals surface area contributed by atoms with E-state index in [9.17, 15) is 5.21 Å². The van der Waals surface area contributed by atoms with Crippen LogP contribution >= 0.6 is 0 Å². The molecule has 0 aliphatic rings. The van der Waals surface area contributed by atoms with Gasteiger partial charge >= 0.3 is 0 Å². The maximum atomic E-state index is 12.3. The molecular formula is C18H19NO2. The summed E-state index contributed by atoms with van der Waals surface area (Å²) in [5.74, 6) is 0.818. The number of rotatable bonds is 4. The summed E-state index contributed by atoms with van der Waals surface area (Å²) in [6.45, 7) is 3.74. The quantitative estimate of drug-likeness (QED) is 0.362. The molecule has 2 rings (SSSR count). The average Bonchev–Trinajstić information content (AvgIpc) is 2.53. The van der Waals surface area contributed by atoms with Crippen LogP contribution in [0.3, 0.4) is 0 Å². The van der Waals surface area contributed by atoms with Gasteiger partial charge in [0.1, 0.15) is 5.75 Å². The Kier molecular flexibility index (Phi) is 4.77. The van der Waals surface area contributed by atoms with Crippen LogP contribution in [0.4, 0.5) is 5.69 Å². The van der Waals surface area contributed by atoms with Gasteiger partial charge in [-0.3, -0.25) is 0 Å². The zero-order chi connectivity index (χ0) is 15.2. The van der Waals surface area contributed by atoms with Crippen LogP contribution < -0.4 is 4.74 Å². The molecule has 108 valence electrons. The number of hydrogen-bond donors (Lipinski definition) is 0. The molecule has 0 unspecified atom stereocenters. The Morgan fingerprint density at radius 1 is 1.10 bits per heavy atom. The smallest absolute Gasteiger partial charge is 0.219 e. The summed E-state index contributed by atoms with van der Waals surface area (Å²) in [5.41, 5.74) is 3.30. The fourth-order valence-corrected chi connectivity index (χ4v) is 1.98. The first-order valence-corrected chi connectivity index (χ1v) is 6.80. The Morgan fingerprint density at radius 2 is 1.76 bits per heavy atom. The highest BCUT2D eigenvalue weighted by Gasteiger charge is 2.07. The minimum atomic E-state index is 0.639. The summed E-state index contributed by atoms with van der Waals surface area (Å²) in [7, 11) is 1.64. The van der Waals surface area contributed by atoms with Crippen molar-refractivity contribution in [3.8, 4) is 5.75 Å². The van der Waals surface area contributed by atoms with Crippen LogP contribution in [-0.2, 0) is 0 Å².